The molecule has 1 heterocycles. The second-order valence-corrected chi connectivity index (χ2v) is 14.7. The van der Waals surface area contributed by atoms with Crippen LogP contribution >= 0.6 is 23.4 Å². The highest BCUT2D eigenvalue weighted by molar-refractivity contribution is 7.98. The molecule has 0 fully saturated rings. The minimum atomic E-state index is -4.51. The zero-order valence-corrected chi connectivity index (χ0v) is 34.2. The Hall–Kier alpha value is -5.78. The quantitative estimate of drug-likeness (QED) is 0.0394. The Balaban J connectivity index is 1.11. The molecule has 0 saturated carbocycles. The summed E-state index contributed by atoms with van der Waals surface area (Å²) in [5, 5.41) is 17.3. The number of anilines is 1. The van der Waals surface area contributed by atoms with Gasteiger partial charge in [-0.3, -0.25) is 24.2 Å². The van der Waals surface area contributed by atoms with Crippen molar-refractivity contribution in [3.8, 4) is 11.3 Å². The van der Waals surface area contributed by atoms with E-state index >= 15 is 0 Å². The molecule has 0 spiro atoms. The van der Waals surface area contributed by atoms with Crippen LogP contribution in [0.1, 0.15) is 54.2 Å². The van der Waals surface area contributed by atoms with E-state index in [2.05, 4.69) is 20.9 Å². The van der Waals surface area contributed by atoms with Crippen LogP contribution in [0, 0.1) is 0 Å². The molecule has 0 saturated heterocycles. The van der Waals surface area contributed by atoms with Crippen LogP contribution in [0.15, 0.2) is 114 Å². The van der Waals surface area contributed by atoms with Crippen molar-refractivity contribution in [2.24, 2.45) is 0 Å². The normalized spacial score (nSPS) is 11.2. The number of nitrogens with zero attached hydrogens (tertiary/aromatic N) is 1. The molecule has 0 aliphatic heterocycles. The third-order valence-electron chi connectivity index (χ3n) is 8.66. The lowest BCUT2D eigenvalue weighted by Gasteiger charge is -2.13. The Morgan fingerprint density at radius 2 is 1.34 bits per heavy atom. The van der Waals surface area contributed by atoms with Gasteiger partial charge in [-0.2, -0.15) is 13.2 Å². The van der Waals surface area contributed by atoms with Crippen molar-refractivity contribution >= 4 is 52.7 Å². The van der Waals surface area contributed by atoms with Crippen LogP contribution in [0.2, 0.25) is 5.02 Å². The van der Waals surface area contributed by atoms with Gasteiger partial charge in [0, 0.05) is 57.2 Å². The zero-order valence-electron chi connectivity index (χ0n) is 32.6. The number of carbonyl (C=O) groups excluding carboxylic acids is 3. The van der Waals surface area contributed by atoms with Crippen LogP contribution in [0.4, 0.5) is 18.9 Å². The molecule has 0 atom stereocenters. The molecule has 0 bridgehead atoms. The van der Waals surface area contributed by atoms with Crippen molar-refractivity contribution in [3.63, 3.8) is 0 Å². The van der Waals surface area contributed by atoms with Gasteiger partial charge in [-0.1, -0.05) is 41.9 Å². The second kappa shape index (κ2) is 23.3. The second-order valence-electron chi connectivity index (χ2n) is 13.2. The highest BCUT2D eigenvalue weighted by Crippen LogP contribution is 2.32. The van der Waals surface area contributed by atoms with Gasteiger partial charge in [-0.25, -0.2) is 0 Å². The minimum Gasteiger partial charge on any atom is -0.481 e. The lowest BCUT2D eigenvalue weighted by molar-refractivity contribution is -0.139. The first-order valence-electron chi connectivity index (χ1n) is 18.9. The van der Waals surface area contributed by atoms with Gasteiger partial charge < -0.3 is 35.3 Å². The average Bonchev–Trinajstić information content (AvgIpc) is 3.25. The number of alkyl halides is 3. The van der Waals surface area contributed by atoms with Crippen molar-refractivity contribution < 1.29 is 51.7 Å². The van der Waals surface area contributed by atoms with Crippen molar-refractivity contribution in [1.29, 1.82) is 0 Å². The van der Waals surface area contributed by atoms with Gasteiger partial charge in [0.1, 0.15) is 0 Å². The fourth-order valence-corrected chi connectivity index (χ4v) is 6.70. The maximum Gasteiger partial charge on any atom is 0.416 e. The molecule has 0 radical (unpaired) electrons. The van der Waals surface area contributed by atoms with Crippen LogP contribution in [0.25, 0.3) is 11.3 Å². The number of hydrogen-bond donors (Lipinski definition) is 4. The van der Waals surface area contributed by atoms with E-state index in [4.69, 9.17) is 30.9 Å². The summed E-state index contributed by atoms with van der Waals surface area (Å²) in [5.74, 6) is -1.59. The molecule has 3 amide bonds. The highest BCUT2D eigenvalue weighted by Gasteiger charge is 2.30. The summed E-state index contributed by atoms with van der Waals surface area (Å²) in [5.41, 5.74) is 2.56. The number of amides is 3. The Bertz CT molecular complexity index is 2300. The molecule has 5 rings (SSSR count). The van der Waals surface area contributed by atoms with Gasteiger partial charge in [0.2, 0.25) is 0 Å². The van der Waals surface area contributed by atoms with Crippen LogP contribution in [-0.2, 0) is 37.5 Å². The number of carboxylic acids is 1. The van der Waals surface area contributed by atoms with Gasteiger partial charge in [0.25, 0.3) is 17.7 Å². The monoisotopic (exact) mass is 878 g/mol. The summed E-state index contributed by atoms with van der Waals surface area (Å²) >= 11 is 7.84. The first kappa shape index (κ1) is 46.3. The van der Waals surface area contributed by atoms with Gasteiger partial charge in [0.15, 0.2) is 0 Å². The molecule has 4 aromatic carbocycles. The number of carboxylic acid groups (broad SMARTS) is 1. The molecular weight excluding hydrogens is 837 g/mol. The number of thioether (sulfide) groups is 1. The molecule has 320 valence electrons. The van der Waals surface area contributed by atoms with Gasteiger partial charge in [-0.15, -0.1) is 11.8 Å². The standard InChI is InChI=1S/C44H42ClF3N4O8S/c45-35-10-11-38(37(26-35)39-25-33(12-14-49-39)42(56)51-27-29-4-2-8-34(23-29)44(46,47)48)52-43(57)31-6-1-5-30(22-31)28-61-36-9-3-7-32(24-36)41(55)50-15-17-59-19-21-60-20-18-58-16-13-40(53)54/h1-12,14,22-26H,13,15-21,27-28H2,(H,50,55)(H,51,56)(H,52,57)(H,53,54). The number of carbonyl (C=O) groups is 4. The smallest absolute Gasteiger partial charge is 0.416 e. The van der Waals surface area contributed by atoms with E-state index in [1.165, 1.54) is 42.2 Å². The first-order valence-corrected chi connectivity index (χ1v) is 20.3. The maximum absolute atomic E-state index is 13.6. The number of benzene rings is 4. The number of halogens is 4. The molecular formula is C44H42ClF3N4O8S. The number of pyridine rings is 1. The van der Waals surface area contributed by atoms with Gasteiger partial charge >= 0.3 is 12.1 Å². The molecule has 0 aliphatic carbocycles. The number of rotatable bonds is 22. The van der Waals surface area contributed by atoms with E-state index in [0.717, 1.165) is 22.6 Å². The van der Waals surface area contributed by atoms with Crippen molar-refractivity contribution in [2.45, 2.75) is 29.8 Å². The average molecular weight is 879 g/mol. The Labute approximate surface area is 359 Å². The van der Waals surface area contributed by atoms with Crippen molar-refractivity contribution in [1.82, 2.24) is 15.6 Å². The predicted molar refractivity (Wildman–Crippen MR) is 225 cm³/mol. The number of hydrogen-bond acceptors (Lipinski definition) is 9. The minimum absolute atomic E-state index is 0.0553. The Morgan fingerprint density at radius 3 is 2.10 bits per heavy atom. The largest absolute Gasteiger partial charge is 0.481 e. The molecule has 5 aromatic rings. The molecule has 61 heavy (non-hydrogen) atoms. The first-order chi connectivity index (χ1) is 29.4. The number of aliphatic carboxylic acids is 1. The summed E-state index contributed by atoms with van der Waals surface area (Å²) < 4.78 is 55.4. The summed E-state index contributed by atoms with van der Waals surface area (Å²) in [7, 11) is 0. The van der Waals surface area contributed by atoms with Crippen LogP contribution in [-0.4, -0.2) is 80.0 Å². The van der Waals surface area contributed by atoms with Gasteiger partial charge in [-0.05, 0) is 83.9 Å². The summed E-state index contributed by atoms with van der Waals surface area (Å²) in [4.78, 5) is 55.1. The topological polar surface area (TPSA) is 165 Å². The molecule has 0 aliphatic rings. The lowest BCUT2D eigenvalue weighted by atomic mass is 10.1. The molecule has 4 N–H and O–H groups in total. The van der Waals surface area contributed by atoms with Gasteiger partial charge in [0.05, 0.1) is 63.0 Å². The highest BCUT2D eigenvalue weighted by atomic mass is 35.5. The fourth-order valence-electron chi connectivity index (χ4n) is 5.63. The number of ether oxygens (including phenoxy) is 3. The third kappa shape index (κ3) is 15.3. The van der Waals surface area contributed by atoms with E-state index in [1.54, 1.807) is 54.6 Å². The Morgan fingerprint density at radius 1 is 0.689 bits per heavy atom. The van der Waals surface area contributed by atoms with Crippen molar-refractivity contribution in [2.75, 3.05) is 51.5 Å². The summed E-state index contributed by atoms with van der Waals surface area (Å²) in [6.45, 7) is 1.89. The number of aromatic nitrogens is 1. The maximum atomic E-state index is 13.6. The Kier molecular flexibility index (Phi) is 17.7. The summed E-state index contributed by atoms with van der Waals surface area (Å²) in [6, 6.07) is 26.8. The van der Waals surface area contributed by atoms with E-state index < -0.39 is 29.5 Å². The fraction of sp³-hybridized carbons (Fsp3) is 0.250. The van der Waals surface area contributed by atoms with Crippen LogP contribution in [0.3, 0.4) is 0 Å². The molecule has 12 nitrogen and oxygen atoms in total. The molecule has 17 heteroatoms. The van der Waals surface area contributed by atoms with Crippen LogP contribution in [0.5, 0.6) is 0 Å². The summed E-state index contributed by atoms with van der Waals surface area (Å²) in [6.07, 6.45) is -3.15. The van der Waals surface area contributed by atoms with Crippen LogP contribution < -0.4 is 16.0 Å². The number of nitrogens with one attached hydrogen (secondary N) is 3. The SMILES string of the molecule is O=C(O)CCOCCOCCOCCNC(=O)c1cccc(SCc2cccc(C(=O)Nc3ccc(Cl)cc3-c3cc(C(=O)NCc4cccc(C(F)(F)F)c4)ccn3)c2)c1. The lowest BCUT2D eigenvalue weighted by Crippen LogP contribution is -2.27. The van der Waals surface area contributed by atoms with E-state index in [-0.39, 0.29) is 36.6 Å². The molecule has 1 aromatic heterocycles. The van der Waals surface area contributed by atoms with Crippen molar-refractivity contribution in [3.05, 3.63) is 148 Å². The van der Waals surface area contributed by atoms with E-state index in [9.17, 15) is 32.3 Å². The van der Waals surface area contributed by atoms with E-state index in [1.807, 2.05) is 12.1 Å². The molecule has 0 unspecified atom stereocenters. The zero-order chi connectivity index (χ0) is 43.6. The predicted octanol–water partition coefficient (Wildman–Crippen LogP) is 8.15. The van der Waals surface area contributed by atoms with E-state index in [0.29, 0.717) is 78.4 Å². The third-order valence-corrected chi connectivity index (χ3v) is 9.96.